The Hall–Kier alpha value is -0.690. The molecule has 0 spiro atoms. The molecule has 1 fully saturated rings. The van der Waals surface area contributed by atoms with E-state index in [1.165, 1.54) is 0 Å². The van der Waals surface area contributed by atoms with Crippen molar-refractivity contribution in [1.82, 2.24) is 0 Å². The number of hydrogen-bond donors (Lipinski definition) is 4. The molecule has 0 aliphatic heterocycles. The van der Waals surface area contributed by atoms with E-state index in [1.54, 1.807) is 0 Å². The smallest absolute Gasteiger partial charge is 0.306 e. The van der Waals surface area contributed by atoms with Gasteiger partial charge in [-0.1, -0.05) is 6.92 Å². The summed E-state index contributed by atoms with van der Waals surface area (Å²) in [6.07, 6.45) is -5.66. The average Bonchev–Trinajstić information content (AvgIpc) is 2.23. The first-order valence-corrected chi connectivity index (χ1v) is 5.39. The second-order valence-electron chi connectivity index (χ2n) is 4.05. The number of hydrogen-bond acceptors (Lipinski definition) is 6. The minimum Gasteiger partial charge on any atom is -0.459 e. The molecule has 0 heterocycles. The number of carbonyl (C=O) groups is 1. The molecule has 6 nitrogen and oxygen atoms in total. The highest BCUT2D eigenvalue weighted by molar-refractivity contribution is 5.69. The summed E-state index contributed by atoms with van der Waals surface area (Å²) >= 11 is 0. The van der Waals surface area contributed by atoms with Crippen LogP contribution in [0.3, 0.4) is 0 Å². The number of aliphatic hydroxyl groups excluding tert-OH is 4. The maximum Gasteiger partial charge on any atom is 0.306 e. The van der Waals surface area contributed by atoms with E-state index in [0.29, 0.717) is 6.42 Å². The van der Waals surface area contributed by atoms with Crippen LogP contribution >= 0.6 is 0 Å². The van der Waals surface area contributed by atoms with Gasteiger partial charge in [0.25, 0.3) is 0 Å². The van der Waals surface area contributed by atoms with E-state index in [9.17, 15) is 25.2 Å². The molecule has 4 N–H and O–H groups in total. The molecule has 6 heteroatoms. The van der Waals surface area contributed by atoms with E-state index >= 15 is 0 Å². The van der Waals surface area contributed by atoms with Crippen molar-refractivity contribution >= 4 is 5.97 Å². The van der Waals surface area contributed by atoms with E-state index in [1.807, 2.05) is 6.92 Å². The Labute approximate surface area is 93.5 Å². The van der Waals surface area contributed by atoms with Crippen molar-refractivity contribution in [2.45, 2.75) is 56.7 Å². The number of esters is 1. The van der Waals surface area contributed by atoms with Crippen molar-refractivity contribution in [2.24, 2.45) is 0 Å². The van der Waals surface area contributed by atoms with Gasteiger partial charge < -0.3 is 25.2 Å². The number of carbonyl (C=O) groups excluding carboxylic acids is 1. The van der Waals surface area contributed by atoms with Crippen LogP contribution in [0, 0.1) is 0 Å². The molecule has 0 aromatic rings. The Morgan fingerprint density at radius 3 is 2.38 bits per heavy atom. The van der Waals surface area contributed by atoms with Crippen LogP contribution in [0.25, 0.3) is 0 Å². The molecule has 0 saturated heterocycles. The van der Waals surface area contributed by atoms with Gasteiger partial charge in [-0.2, -0.15) is 0 Å². The lowest BCUT2D eigenvalue weighted by Gasteiger charge is -2.37. The summed E-state index contributed by atoms with van der Waals surface area (Å²) in [5, 5.41) is 37.6. The molecule has 0 aromatic carbocycles. The molecule has 0 amide bonds. The van der Waals surface area contributed by atoms with E-state index in [0.717, 1.165) is 0 Å². The summed E-state index contributed by atoms with van der Waals surface area (Å²) in [6, 6.07) is 0. The van der Waals surface area contributed by atoms with Crippen molar-refractivity contribution in [3.05, 3.63) is 0 Å². The first kappa shape index (κ1) is 13.4. The third-order valence-electron chi connectivity index (χ3n) is 2.69. The molecule has 94 valence electrons. The summed E-state index contributed by atoms with van der Waals surface area (Å²) in [7, 11) is 0. The molecular weight excluding hydrogens is 216 g/mol. The lowest BCUT2D eigenvalue weighted by molar-refractivity contribution is -0.196. The minimum atomic E-state index is -1.50. The van der Waals surface area contributed by atoms with Crippen LogP contribution in [-0.4, -0.2) is 56.9 Å². The van der Waals surface area contributed by atoms with Gasteiger partial charge in [0.1, 0.15) is 24.4 Å². The second-order valence-corrected chi connectivity index (χ2v) is 4.05. The molecule has 16 heavy (non-hydrogen) atoms. The van der Waals surface area contributed by atoms with Crippen LogP contribution in [0.4, 0.5) is 0 Å². The first-order chi connectivity index (χ1) is 7.47. The fourth-order valence-electron chi connectivity index (χ4n) is 1.72. The van der Waals surface area contributed by atoms with Crippen molar-refractivity contribution in [2.75, 3.05) is 0 Å². The lowest BCUT2D eigenvalue weighted by Crippen LogP contribution is -2.56. The largest absolute Gasteiger partial charge is 0.459 e. The zero-order chi connectivity index (χ0) is 12.3. The average molecular weight is 234 g/mol. The van der Waals surface area contributed by atoms with E-state index in [-0.39, 0.29) is 12.8 Å². The van der Waals surface area contributed by atoms with Gasteiger partial charge in [-0.3, -0.25) is 4.79 Å². The van der Waals surface area contributed by atoms with Crippen LogP contribution in [0.15, 0.2) is 0 Å². The van der Waals surface area contributed by atoms with Crippen molar-refractivity contribution in [3.8, 4) is 0 Å². The summed E-state index contributed by atoms with van der Waals surface area (Å²) in [6.45, 7) is 1.81. The predicted molar refractivity (Wildman–Crippen MR) is 53.4 cm³/mol. The Morgan fingerprint density at radius 2 is 1.81 bits per heavy atom. The standard InChI is InChI=1S/C10H18O6/c1-2-3-7(12)16-6-4-5(11)8(13)10(15)9(6)14/h5-6,8-11,13-15H,2-4H2,1H3/t5-,6+,8+,9-,10-/m1/s1. The minimum absolute atomic E-state index is 0.0746. The molecular formula is C10H18O6. The Kier molecular flexibility index (Phi) is 4.67. The fraction of sp³-hybridized carbons (Fsp3) is 0.900. The zero-order valence-corrected chi connectivity index (χ0v) is 9.11. The van der Waals surface area contributed by atoms with E-state index in [2.05, 4.69) is 0 Å². The molecule has 0 radical (unpaired) electrons. The first-order valence-electron chi connectivity index (χ1n) is 5.39. The Morgan fingerprint density at radius 1 is 1.19 bits per heavy atom. The van der Waals surface area contributed by atoms with Gasteiger partial charge in [0, 0.05) is 12.8 Å². The second kappa shape index (κ2) is 5.58. The van der Waals surface area contributed by atoms with Crippen molar-refractivity contribution < 1.29 is 30.0 Å². The molecule has 5 atom stereocenters. The van der Waals surface area contributed by atoms with Crippen LogP contribution in [0.5, 0.6) is 0 Å². The zero-order valence-electron chi connectivity index (χ0n) is 9.11. The summed E-state index contributed by atoms with van der Waals surface area (Å²) in [5.74, 6) is -0.484. The van der Waals surface area contributed by atoms with Gasteiger partial charge in [0.2, 0.25) is 0 Å². The van der Waals surface area contributed by atoms with Gasteiger partial charge in [0.15, 0.2) is 0 Å². The summed E-state index contributed by atoms with van der Waals surface area (Å²) in [5.41, 5.74) is 0. The number of aliphatic hydroxyl groups is 4. The molecule has 0 unspecified atom stereocenters. The third kappa shape index (κ3) is 2.91. The van der Waals surface area contributed by atoms with Crippen LogP contribution < -0.4 is 0 Å². The predicted octanol–water partition coefficient (Wildman–Crippen LogP) is -1.45. The maximum absolute atomic E-state index is 11.2. The molecule has 1 rings (SSSR count). The van der Waals surface area contributed by atoms with E-state index in [4.69, 9.17) is 4.74 Å². The SMILES string of the molecule is CCCC(=O)O[C@H]1C[C@@H](O)[C@H](O)[C@@H](O)[C@@H]1O. The van der Waals surface area contributed by atoms with Gasteiger partial charge >= 0.3 is 5.97 Å². The normalized spacial score (nSPS) is 39.4. The van der Waals surface area contributed by atoms with Crippen molar-refractivity contribution in [3.63, 3.8) is 0 Å². The van der Waals surface area contributed by atoms with E-state index < -0.39 is 36.5 Å². The highest BCUT2D eigenvalue weighted by Crippen LogP contribution is 2.23. The van der Waals surface area contributed by atoms with Crippen LogP contribution in [0.2, 0.25) is 0 Å². The highest BCUT2D eigenvalue weighted by Gasteiger charge is 2.43. The Balaban J connectivity index is 2.57. The molecule has 0 aromatic heterocycles. The topological polar surface area (TPSA) is 107 Å². The maximum atomic E-state index is 11.2. The highest BCUT2D eigenvalue weighted by atomic mass is 16.6. The monoisotopic (exact) mass is 234 g/mol. The van der Waals surface area contributed by atoms with Crippen molar-refractivity contribution in [1.29, 1.82) is 0 Å². The van der Waals surface area contributed by atoms with Gasteiger partial charge in [-0.25, -0.2) is 0 Å². The fourth-order valence-corrected chi connectivity index (χ4v) is 1.72. The summed E-state index contributed by atoms with van der Waals surface area (Å²) < 4.78 is 4.91. The lowest BCUT2D eigenvalue weighted by atomic mass is 9.87. The van der Waals surface area contributed by atoms with Gasteiger partial charge in [-0.15, -0.1) is 0 Å². The molecule has 1 aliphatic carbocycles. The van der Waals surface area contributed by atoms with Crippen LogP contribution in [0.1, 0.15) is 26.2 Å². The molecule has 0 bridgehead atoms. The Bertz CT molecular complexity index is 243. The third-order valence-corrected chi connectivity index (χ3v) is 2.69. The van der Waals surface area contributed by atoms with Crippen LogP contribution in [-0.2, 0) is 9.53 Å². The van der Waals surface area contributed by atoms with Gasteiger partial charge in [-0.05, 0) is 6.42 Å². The number of rotatable bonds is 3. The summed E-state index contributed by atoms with van der Waals surface area (Å²) in [4.78, 5) is 11.2. The quantitative estimate of drug-likeness (QED) is 0.445. The van der Waals surface area contributed by atoms with Gasteiger partial charge in [0.05, 0.1) is 6.10 Å². The number of ether oxygens (including phenoxy) is 1. The molecule has 1 aliphatic rings. The molecule has 1 saturated carbocycles.